The fourth-order valence-electron chi connectivity index (χ4n) is 2.96. The number of nitrogens with one attached hydrogen (secondary N) is 2. The summed E-state index contributed by atoms with van der Waals surface area (Å²) < 4.78 is 4.64. The lowest BCUT2D eigenvalue weighted by Crippen LogP contribution is -2.17. The van der Waals surface area contributed by atoms with Gasteiger partial charge in [-0.15, -0.1) is 0 Å². The van der Waals surface area contributed by atoms with Gasteiger partial charge in [-0.25, -0.2) is 0 Å². The zero-order chi connectivity index (χ0) is 14.1. The number of hydrogen-bond acceptors (Lipinski definition) is 4. The van der Waals surface area contributed by atoms with Gasteiger partial charge in [-0.05, 0) is 19.3 Å². The van der Waals surface area contributed by atoms with Crippen molar-refractivity contribution in [2.75, 3.05) is 12.4 Å². The topological polar surface area (TPSA) is 84.1 Å². The van der Waals surface area contributed by atoms with Crippen molar-refractivity contribution in [2.45, 2.75) is 38.0 Å². The predicted molar refractivity (Wildman–Crippen MR) is 72.0 cm³/mol. The van der Waals surface area contributed by atoms with E-state index in [-0.39, 0.29) is 23.7 Å². The first-order valence-electron chi connectivity index (χ1n) is 7.13. The minimum Gasteiger partial charge on any atom is -0.469 e. The summed E-state index contributed by atoms with van der Waals surface area (Å²) in [5.74, 6) is 0.0790. The summed E-state index contributed by atoms with van der Waals surface area (Å²) in [5.41, 5.74) is 1.10. The molecule has 2 aliphatic rings. The molecular weight excluding hydrogens is 258 g/mol. The second kappa shape index (κ2) is 5.26. The summed E-state index contributed by atoms with van der Waals surface area (Å²) in [4.78, 5) is 23.3. The van der Waals surface area contributed by atoms with Gasteiger partial charge in [0.15, 0.2) is 5.82 Å². The molecule has 0 aliphatic heterocycles. The summed E-state index contributed by atoms with van der Waals surface area (Å²) >= 11 is 0. The van der Waals surface area contributed by atoms with Crippen LogP contribution >= 0.6 is 0 Å². The van der Waals surface area contributed by atoms with Crippen LogP contribution in [-0.2, 0) is 14.3 Å². The average Bonchev–Trinajstić information content (AvgIpc) is 2.87. The molecule has 1 aromatic heterocycles. The number of ether oxygens (including phenoxy) is 1. The van der Waals surface area contributed by atoms with E-state index < -0.39 is 0 Å². The number of methoxy groups -OCH3 is 1. The Kier molecular flexibility index (Phi) is 3.46. The lowest BCUT2D eigenvalue weighted by molar-refractivity contribution is -0.143. The van der Waals surface area contributed by atoms with E-state index in [0.29, 0.717) is 18.2 Å². The maximum atomic E-state index is 12.0. The first kappa shape index (κ1) is 13.1. The number of anilines is 1. The van der Waals surface area contributed by atoms with Gasteiger partial charge in [0.05, 0.1) is 18.9 Å². The van der Waals surface area contributed by atoms with Crippen LogP contribution in [0.15, 0.2) is 6.07 Å². The number of carbonyl (C=O) groups is 2. The van der Waals surface area contributed by atoms with Crippen LogP contribution in [0.4, 0.5) is 5.82 Å². The molecule has 6 heteroatoms. The minimum absolute atomic E-state index is 0.148. The standard InChI is InChI=1S/C14H19N3O3/c1-20-14(19)10-6-9(10)13(18)15-12-7-11(16-17-12)8-4-2-3-5-8/h7-10H,2-6H2,1H3,(H2,15,16,17,18). The van der Waals surface area contributed by atoms with Crippen LogP contribution in [0.25, 0.3) is 0 Å². The summed E-state index contributed by atoms with van der Waals surface area (Å²) in [5, 5.41) is 9.90. The van der Waals surface area contributed by atoms with Gasteiger partial charge in [-0.1, -0.05) is 12.8 Å². The third-order valence-corrected chi connectivity index (χ3v) is 4.28. The number of aromatic amines is 1. The molecule has 3 rings (SSSR count). The van der Waals surface area contributed by atoms with E-state index in [4.69, 9.17) is 0 Å². The second-order valence-corrected chi connectivity index (χ2v) is 5.65. The highest BCUT2D eigenvalue weighted by Gasteiger charge is 2.49. The van der Waals surface area contributed by atoms with Crippen molar-refractivity contribution in [1.82, 2.24) is 10.2 Å². The molecule has 2 saturated carbocycles. The Morgan fingerprint density at radius 3 is 2.80 bits per heavy atom. The molecule has 1 amide bonds. The van der Waals surface area contributed by atoms with E-state index >= 15 is 0 Å². The van der Waals surface area contributed by atoms with E-state index in [1.54, 1.807) is 0 Å². The normalized spacial score (nSPS) is 25.4. The number of aromatic nitrogens is 2. The molecular formula is C14H19N3O3. The summed E-state index contributed by atoms with van der Waals surface area (Å²) in [6.45, 7) is 0. The molecule has 0 saturated heterocycles. The second-order valence-electron chi connectivity index (χ2n) is 5.65. The number of nitrogens with zero attached hydrogens (tertiary/aromatic N) is 1. The van der Waals surface area contributed by atoms with E-state index in [1.807, 2.05) is 6.07 Å². The Morgan fingerprint density at radius 1 is 1.35 bits per heavy atom. The maximum absolute atomic E-state index is 12.0. The van der Waals surface area contributed by atoms with Gasteiger partial charge < -0.3 is 10.1 Å². The highest BCUT2D eigenvalue weighted by Crippen LogP contribution is 2.40. The summed E-state index contributed by atoms with van der Waals surface area (Å²) in [7, 11) is 1.34. The van der Waals surface area contributed by atoms with Gasteiger partial charge >= 0.3 is 5.97 Å². The quantitative estimate of drug-likeness (QED) is 0.822. The molecule has 2 aliphatic carbocycles. The zero-order valence-corrected chi connectivity index (χ0v) is 11.5. The van der Waals surface area contributed by atoms with Crippen LogP contribution < -0.4 is 5.32 Å². The highest BCUT2D eigenvalue weighted by atomic mass is 16.5. The smallest absolute Gasteiger partial charge is 0.309 e. The van der Waals surface area contributed by atoms with Crippen LogP contribution in [0.5, 0.6) is 0 Å². The fourth-order valence-corrected chi connectivity index (χ4v) is 2.96. The van der Waals surface area contributed by atoms with Crippen LogP contribution in [0.3, 0.4) is 0 Å². The van der Waals surface area contributed by atoms with E-state index in [1.165, 1.54) is 32.8 Å². The molecule has 0 spiro atoms. The first-order chi connectivity index (χ1) is 9.69. The van der Waals surface area contributed by atoms with E-state index in [2.05, 4.69) is 20.3 Å². The van der Waals surface area contributed by atoms with Gasteiger partial charge in [0, 0.05) is 17.7 Å². The number of carbonyl (C=O) groups excluding carboxylic acids is 2. The first-order valence-corrected chi connectivity index (χ1v) is 7.13. The van der Waals surface area contributed by atoms with Gasteiger partial charge in [-0.3, -0.25) is 14.7 Å². The summed E-state index contributed by atoms with van der Waals surface area (Å²) in [6.07, 6.45) is 5.45. The number of amides is 1. The van der Waals surface area contributed by atoms with Crippen molar-refractivity contribution in [3.63, 3.8) is 0 Å². The summed E-state index contributed by atoms with van der Waals surface area (Å²) in [6, 6.07) is 1.91. The van der Waals surface area contributed by atoms with Crippen molar-refractivity contribution in [1.29, 1.82) is 0 Å². The molecule has 6 nitrogen and oxygen atoms in total. The number of rotatable bonds is 4. The monoisotopic (exact) mass is 277 g/mol. The van der Waals surface area contributed by atoms with Gasteiger partial charge in [0.25, 0.3) is 0 Å². The third-order valence-electron chi connectivity index (χ3n) is 4.28. The SMILES string of the molecule is COC(=O)C1CC1C(=O)Nc1cc(C2CCCC2)[nH]n1. The van der Waals surface area contributed by atoms with Gasteiger partial charge in [-0.2, -0.15) is 5.10 Å². The van der Waals surface area contributed by atoms with Crippen LogP contribution in [0.1, 0.15) is 43.7 Å². The molecule has 2 atom stereocenters. The number of H-pyrrole nitrogens is 1. The Balaban J connectivity index is 1.56. The maximum Gasteiger partial charge on any atom is 0.309 e. The van der Waals surface area contributed by atoms with Crippen LogP contribution in [0.2, 0.25) is 0 Å². The van der Waals surface area contributed by atoms with Crippen molar-refractivity contribution in [3.05, 3.63) is 11.8 Å². The van der Waals surface area contributed by atoms with Crippen molar-refractivity contribution in [2.24, 2.45) is 11.8 Å². The molecule has 1 aromatic rings. The third kappa shape index (κ3) is 2.55. The molecule has 108 valence electrons. The molecule has 1 heterocycles. The molecule has 2 unspecified atom stereocenters. The molecule has 0 radical (unpaired) electrons. The molecule has 2 N–H and O–H groups in total. The zero-order valence-electron chi connectivity index (χ0n) is 11.5. The number of hydrogen-bond donors (Lipinski definition) is 2. The predicted octanol–water partition coefficient (Wildman–Crippen LogP) is 1.81. The van der Waals surface area contributed by atoms with Crippen molar-refractivity contribution >= 4 is 17.7 Å². The van der Waals surface area contributed by atoms with E-state index in [0.717, 1.165) is 5.69 Å². The van der Waals surface area contributed by atoms with Gasteiger partial charge in [0.2, 0.25) is 5.91 Å². The molecule has 20 heavy (non-hydrogen) atoms. The average molecular weight is 277 g/mol. The lowest BCUT2D eigenvalue weighted by Gasteiger charge is -2.03. The molecule has 0 aromatic carbocycles. The fraction of sp³-hybridized carbons (Fsp3) is 0.643. The molecule has 0 bridgehead atoms. The number of esters is 1. The Morgan fingerprint density at radius 2 is 2.10 bits per heavy atom. The largest absolute Gasteiger partial charge is 0.469 e. The Hall–Kier alpha value is -1.85. The van der Waals surface area contributed by atoms with Crippen LogP contribution in [0, 0.1) is 11.8 Å². The van der Waals surface area contributed by atoms with Gasteiger partial charge in [0.1, 0.15) is 0 Å². The highest BCUT2D eigenvalue weighted by molar-refractivity contribution is 5.97. The lowest BCUT2D eigenvalue weighted by atomic mass is 10.0. The molecule has 2 fully saturated rings. The minimum atomic E-state index is -0.307. The van der Waals surface area contributed by atoms with Crippen molar-refractivity contribution in [3.8, 4) is 0 Å². The van der Waals surface area contributed by atoms with Crippen molar-refractivity contribution < 1.29 is 14.3 Å². The van der Waals surface area contributed by atoms with Crippen LogP contribution in [-0.4, -0.2) is 29.2 Å². The van der Waals surface area contributed by atoms with E-state index in [9.17, 15) is 9.59 Å². The Bertz CT molecular complexity index is 519. The Labute approximate surface area is 117 Å².